The minimum atomic E-state index is -1.08. The van der Waals surface area contributed by atoms with Gasteiger partial charge < -0.3 is 20.3 Å². The van der Waals surface area contributed by atoms with Crippen molar-refractivity contribution in [3.8, 4) is 11.5 Å². The second-order valence-electron chi connectivity index (χ2n) is 4.31. The van der Waals surface area contributed by atoms with Crippen molar-refractivity contribution in [2.75, 3.05) is 12.8 Å². The maximum atomic E-state index is 11.2. The molecule has 2 rings (SSSR count). The lowest BCUT2D eigenvalue weighted by molar-refractivity contribution is 0.0692. The largest absolute Gasteiger partial charge is 0.497 e. The van der Waals surface area contributed by atoms with Crippen LogP contribution in [0.1, 0.15) is 15.9 Å². The molecule has 0 amide bonds. The molecule has 0 aliphatic rings. The van der Waals surface area contributed by atoms with Crippen molar-refractivity contribution in [3.05, 3.63) is 52.0 Å². The highest BCUT2D eigenvalue weighted by molar-refractivity contribution is 9.10. The fraction of sp³-hybridized carbons (Fsp3) is 0.133. The summed E-state index contributed by atoms with van der Waals surface area (Å²) in [4.78, 5) is 11.2. The summed E-state index contributed by atoms with van der Waals surface area (Å²) >= 11 is 3.42. The SMILES string of the molecule is COc1ccc(Br)c(COc2ccc(N)cc2C(=O)O)c1. The molecule has 0 aliphatic heterocycles. The number of nitrogens with two attached hydrogens (primary N) is 1. The first kappa shape index (κ1) is 15.2. The summed E-state index contributed by atoms with van der Waals surface area (Å²) in [5.41, 5.74) is 6.85. The Morgan fingerprint density at radius 2 is 2.05 bits per heavy atom. The second-order valence-corrected chi connectivity index (χ2v) is 5.16. The first-order valence-electron chi connectivity index (χ1n) is 6.09. The van der Waals surface area contributed by atoms with Gasteiger partial charge in [0, 0.05) is 15.7 Å². The normalized spacial score (nSPS) is 10.2. The van der Waals surface area contributed by atoms with Crippen LogP contribution in [0.25, 0.3) is 0 Å². The molecule has 2 aromatic rings. The third-order valence-corrected chi connectivity index (χ3v) is 3.64. The first-order chi connectivity index (χ1) is 10.0. The summed E-state index contributed by atoms with van der Waals surface area (Å²) in [6, 6.07) is 10.0. The molecule has 3 N–H and O–H groups in total. The average molecular weight is 352 g/mol. The highest BCUT2D eigenvalue weighted by Gasteiger charge is 2.12. The van der Waals surface area contributed by atoms with Crippen LogP contribution in [0.2, 0.25) is 0 Å². The third kappa shape index (κ3) is 3.66. The average Bonchev–Trinajstić information content (AvgIpc) is 2.47. The van der Waals surface area contributed by atoms with E-state index in [0.717, 1.165) is 10.0 Å². The number of ether oxygens (including phenoxy) is 2. The zero-order chi connectivity index (χ0) is 15.4. The number of hydrogen-bond acceptors (Lipinski definition) is 4. The zero-order valence-electron chi connectivity index (χ0n) is 11.3. The number of carboxylic acids is 1. The Morgan fingerprint density at radius 3 is 2.71 bits per heavy atom. The van der Waals surface area contributed by atoms with Gasteiger partial charge in [0.2, 0.25) is 0 Å². The molecule has 110 valence electrons. The van der Waals surface area contributed by atoms with E-state index in [9.17, 15) is 4.79 Å². The highest BCUT2D eigenvalue weighted by Crippen LogP contribution is 2.26. The topological polar surface area (TPSA) is 81.8 Å². The van der Waals surface area contributed by atoms with Crippen LogP contribution < -0.4 is 15.2 Å². The molecule has 0 saturated carbocycles. The monoisotopic (exact) mass is 351 g/mol. The Kier molecular flexibility index (Phi) is 4.70. The summed E-state index contributed by atoms with van der Waals surface area (Å²) < 4.78 is 11.6. The van der Waals surface area contributed by atoms with Crippen molar-refractivity contribution in [3.63, 3.8) is 0 Å². The molecule has 0 aromatic heterocycles. The van der Waals surface area contributed by atoms with E-state index < -0.39 is 5.97 Å². The number of anilines is 1. The van der Waals surface area contributed by atoms with Gasteiger partial charge in [0.25, 0.3) is 0 Å². The molecule has 0 fully saturated rings. The lowest BCUT2D eigenvalue weighted by atomic mass is 10.1. The number of methoxy groups -OCH3 is 1. The van der Waals surface area contributed by atoms with E-state index in [1.165, 1.54) is 6.07 Å². The quantitative estimate of drug-likeness (QED) is 0.807. The molecule has 5 nitrogen and oxygen atoms in total. The lowest BCUT2D eigenvalue weighted by Crippen LogP contribution is -2.05. The van der Waals surface area contributed by atoms with Gasteiger partial charge in [-0.25, -0.2) is 4.79 Å². The van der Waals surface area contributed by atoms with E-state index in [4.69, 9.17) is 20.3 Å². The summed E-state index contributed by atoms with van der Waals surface area (Å²) in [5.74, 6) is -0.110. The molecule has 0 saturated heterocycles. The minimum absolute atomic E-state index is 0.0361. The number of nitrogen functional groups attached to an aromatic ring is 1. The van der Waals surface area contributed by atoms with Crippen LogP contribution in [-0.2, 0) is 6.61 Å². The Balaban J connectivity index is 2.22. The molecular formula is C15H14BrNO4. The molecule has 21 heavy (non-hydrogen) atoms. The number of halogens is 1. The smallest absolute Gasteiger partial charge is 0.339 e. The molecule has 6 heteroatoms. The highest BCUT2D eigenvalue weighted by atomic mass is 79.9. The van der Waals surface area contributed by atoms with Gasteiger partial charge in [0.15, 0.2) is 0 Å². The van der Waals surface area contributed by atoms with E-state index in [1.807, 2.05) is 18.2 Å². The van der Waals surface area contributed by atoms with E-state index in [0.29, 0.717) is 11.4 Å². The Morgan fingerprint density at radius 1 is 1.29 bits per heavy atom. The third-order valence-electron chi connectivity index (χ3n) is 2.87. The minimum Gasteiger partial charge on any atom is -0.497 e. The summed E-state index contributed by atoms with van der Waals surface area (Å²) in [7, 11) is 1.58. The van der Waals surface area contributed by atoms with Crippen LogP contribution in [-0.4, -0.2) is 18.2 Å². The van der Waals surface area contributed by atoms with Crippen LogP contribution in [0.15, 0.2) is 40.9 Å². The number of hydrogen-bond donors (Lipinski definition) is 2. The summed E-state index contributed by atoms with van der Waals surface area (Å²) in [6.45, 7) is 0.210. The van der Waals surface area contributed by atoms with E-state index >= 15 is 0 Å². The molecule has 0 bridgehead atoms. The first-order valence-corrected chi connectivity index (χ1v) is 6.88. The predicted molar refractivity (Wildman–Crippen MR) is 82.8 cm³/mol. The number of benzene rings is 2. The van der Waals surface area contributed by atoms with Crippen molar-refractivity contribution >= 4 is 27.6 Å². The lowest BCUT2D eigenvalue weighted by Gasteiger charge is -2.12. The van der Waals surface area contributed by atoms with E-state index in [2.05, 4.69) is 15.9 Å². The number of carbonyl (C=O) groups is 1. The summed E-state index contributed by atoms with van der Waals surface area (Å²) in [6.07, 6.45) is 0. The molecular weight excluding hydrogens is 338 g/mol. The van der Waals surface area contributed by atoms with Gasteiger partial charge in [-0.2, -0.15) is 0 Å². The Labute approximate surface area is 130 Å². The second kappa shape index (κ2) is 6.49. The van der Waals surface area contributed by atoms with Crippen LogP contribution >= 0.6 is 15.9 Å². The zero-order valence-corrected chi connectivity index (χ0v) is 12.9. The Bertz CT molecular complexity index is 673. The van der Waals surface area contributed by atoms with Crippen LogP contribution in [0.3, 0.4) is 0 Å². The van der Waals surface area contributed by atoms with Crippen molar-refractivity contribution in [2.45, 2.75) is 6.61 Å². The number of carboxylic acid groups (broad SMARTS) is 1. The number of aromatic carboxylic acids is 1. The number of rotatable bonds is 5. The molecule has 0 heterocycles. The molecule has 2 aromatic carbocycles. The van der Waals surface area contributed by atoms with Crippen molar-refractivity contribution in [2.24, 2.45) is 0 Å². The summed E-state index contributed by atoms with van der Waals surface area (Å²) in [5, 5.41) is 9.16. The maximum absolute atomic E-state index is 11.2. The van der Waals surface area contributed by atoms with Crippen LogP contribution in [0.5, 0.6) is 11.5 Å². The van der Waals surface area contributed by atoms with Crippen LogP contribution in [0.4, 0.5) is 5.69 Å². The molecule has 0 atom stereocenters. The Hall–Kier alpha value is -2.21. The van der Waals surface area contributed by atoms with Crippen molar-refractivity contribution in [1.29, 1.82) is 0 Å². The van der Waals surface area contributed by atoms with Gasteiger partial charge >= 0.3 is 5.97 Å². The standard InChI is InChI=1S/C15H14BrNO4/c1-20-11-3-4-13(16)9(6-11)8-21-14-5-2-10(17)7-12(14)15(18)19/h2-7H,8,17H2,1H3,(H,18,19). The molecule has 0 aliphatic carbocycles. The van der Waals surface area contributed by atoms with Gasteiger partial charge in [-0.3, -0.25) is 0 Å². The van der Waals surface area contributed by atoms with Gasteiger partial charge in [-0.05, 0) is 36.4 Å². The molecule has 0 unspecified atom stereocenters. The van der Waals surface area contributed by atoms with E-state index in [1.54, 1.807) is 19.2 Å². The van der Waals surface area contributed by atoms with Crippen LogP contribution in [0, 0.1) is 0 Å². The van der Waals surface area contributed by atoms with E-state index in [-0.39, 0.29) is 17.9 Å². The molecule has 0 radical (unpaired) electrons. The fourth-order valence-corrected chi connectivity index (χ4v) is 2.15. The fourth-order valence-electron chi connectivity index (χ4n) is 1.78. The maximum Gasteiger partial charge on any atom is 0.339 e. The predicted octanol–water partition coefficient (Wildman–Crippen LogP) is 3.32. The van der Waals surface area contributed by atoms with Crippen molar-refractivity contribution in [1.82, 2.24) is 0 Å². The van der Waals surface area contributed by atoms with Gasteiger partial charge in [-0.1, -0.05) is 15.9 Å². The van der Waals surface area contributed by atoms with Gasteiger partial charge in [0.05, 0.1) is 7.11 Å². The van der Waals surface area contributed by atoms with Gasteiger partial charge in [0.1, 0.15) is 23.7 Å². The van der Waals surface area contributed by atoms with Gasteiger partial charge in [-0.15, -0.1) is 0 Å². The molecule has 0 spiro atoms. The van der Waals surface area contributed by atoms with Crippen molar-refractivity contribution < 1.29 is 19.4 Å².